The van der Waals surface area contributed by atoms with E-state index in [0.717, 1.165) is 18.0 Å². The number of aliphatic hydroxyl groups is 1. The third kappa shape index (κ3) is 5.36. The van der Waals surface area contributed by atoms with Gasteiger partial charge in [-0.25, -0.2) is 22.2 Å². The van der Waals surface area contributed by atoms with E-state index < -0.39 is 28.1 Å². The molecule has 4 aromatic rings. The van der Waals surface area contributed by atoms with Gasteiger partial charge in [0.15, 0.2) is 9.84 Å². The number of hydrogen-bond donors (Lipinski definition) is 1. The number of nitrogens with zero attached hydrogens (tertiary/aromatic N) is 2. The van der Waals surface area contributed by atoms with Gasteiger partial charge in [-0.1, -0.05) is 56.1 Å². The lowest BCUT2D eigenvalue weighted by molar-refractivity contribution is 0.272. The van der Waals surface area contributed by atoms with Gasteiger partial charge >= 0.3 is 0 Å². The Morgan fingerprint density at radius 2 is 1.61 bits per heavy atom. The molecule has 10 heteroatoms. The highest BCUT2D eigenvalue weighted by molar-refractivity contribution is 7.90. The monoisotopic (exact) mass is 578 g/mol. The van der Waals surface area contributed by atoms with Crippen molar-refractivity contribution in [3.05, 3.63) is 99.1 Å². The zero-order valence-electron chi connectivity index (χ0n) is 21.1. The van der Waals surface area contributed by atoms with Crippen LogP contribution in [-0.2, 0) is 16.4 Å². The van der Waals surface area contributed by atoms with Crippen molar-refractivity contribution in [3.8, 4) is 16.8 Å². The normalized spacial score (nSPS) is 12.8. The van der Waals surface area contributed by atoms with Crippen LogP contribution in [0.5, 0.6) is 0 Å². The van der Waals surface area contributed by atoms with E-state index >= 15 is 4.39 Å². The zero-order valence-corrected chi connectivity index (χ0v) is 23.5. The lowest BCUT2D eigenvalue weighted by Gasteiger charge is -2.18. The quantitative estimate of drug-likeness (QED) is 0.250. The molecule has 38 heavy (non-hydrogen) atoms. The summed E-state index contributed by atoms with van der Waals surface area (Å²) >= 11 is 12.9. The van der Waals surface area contributed by atoms with Gasteiger partial charge in [0.05, 0.1) is 22.9 Å². The maximum atomic E-state index is 15.7. The number of imidazole rings is 1. The number of benzene rings is 3. The van der Waals surface area contributed by atoms with Crippen LogP contribution in [-0.4, -0.2) is 29.3 Å². The maximum absolute atomic E-state index is 15.7. The van der Waals surface area contributed by atoms with Crippen LogP contribution >= 0.6 is 23.2 Å². The van der Waals surface area contributed by atoms with Crippen molar-refractivity contribution < 1.29 is 22.3 Å². The molecule has 1 unspecified atom stereocenters. The van der Waals surface area contributed by atoms with E-state index in [1.165, 1.54) is 18.2 Å². The van der Waals surface area contributed by atoms with E-state index in [1.807, 2.05) is 20.8 Å². The van der Waals surface area contributed by atoms with E-state index in [1.54, 1.807) is 35.0 Å². The number of rotatable bonds is 7. The van der Waals surface area contributed by atoms with Gasteiger partial charge in [-0.15, -0.1) is 0 Å². The Hall–Kier alpha value is -2.78. The van der Waals surface area contributed by atoms with Crippen LogP contribution < -0.4 is 0 Å². The Kier molecular flexibility index (Phi) is 8.00. The van der Waals surface area contributed by atoms with Crippen molar-refractivity contribution in [1.29, 1.82) is 0 Å². The van der Waals surface area contributed by atoms with Gasteiger partial charge in [0.1, 0.15) is 17.5 Å². The summed E-state index contributed by atoms with van der Waals surface area (Å²) in [5, 5.41) is 10.4. The first-order valence-corrected chi connectivity index (χ1v) is 14.4. The lowest BCUT2D eigenvalue weighted by atomic mass is 9.99. The molecule has 0 bridgehead atoms. The van der Waals surface area contributed by atoms with Gasteiger partial charge in [0, 0.05) is 34.0 Å². The molecule has 200 valence electrons. The van der Waals surface area contributed by atoms with Crippen molar-refractivity contribution in [2.45, 2.75) is 44.1 Å². The Labute approximate surface area is 230 Å². The minimum atomic E-state index is -3.84. The molecule has 0 aliphatic rings. The fourth-order valence-electron chi connectivity index (χ4n) is 4.39. The maximum Gasteiger partial charge on any atom is 0.176 e. The van der Waals surface area contributed by atoms with Crippen molar-refractivity contribution >= 4 is 33.0 Å². The van der Waals surface area contributed by atoms with Crippen LogP contribution in [0.1, 0.15) is 55.3 Å². The van der Waals surface area contributed by atoms with Crippen molar-refractivity contribution in [2.75, 3.05) is 6.26 Å². The van der Waals surface area contributed by atoms with Gasteiger partial charge in [-0.2, -0.15) is 0 Å². The molecule has 4 rings (SSSR count). The minimum absolute atomic E-state index is 0.0636. The predicted octanol–water partition coefficient (Wildman–Crippen LogP) is 7.30. The molecule has 0 saturated heterocycles. The van der Waals surface area contributed by atoms with E-state index in [2.05, 4.69) is 0 Å². The van der Waals surface area contributed by atoms with E-state index in [9.17, 15) is 17.9 Å². The fraction of sp³-hybridized carbons (Fsp3) is 0.250. The van der Waals surface area contributed by atoms with E-state index in [4.69, 9.17) is 28.2 Å². The average Bonchev–Trinajstić information content (AvgIpc) is 3.28. The Balaban J connectivity index is 1.85. The minimum Gasteiger partial charge on any atom is -0.392 e. The molecule has 0 aliphatic carbocycles. The fourth-order valence-corrected chi connectivity index (χ4v) is 6.06. The van der Waals surface area contributed by atoms with Gasteiger partial charge in [0.2, 0.25) is 0 Å². The zero-order chi connectivity index (χ0) is 27.9. The summed E-state index contributed by atoms with van der Waals surface area (Å²) in [6.45, 7) is 5.07. The van der Waals surface area contributed by atoms with E-state index in [0.29, 0.717) is 21.4 Å². The number of halogens is 4. The van der Waals surface area contributed by atoms with Crippen molar-refractivity contribution in [1.82, 2.24) is 9.55 Å². The Morgan fingerprint density at radius 3 is 2.16 bits per heavy atom. The lowest BCUT2D eigenvalue weighted by Crippen LogP contribution is -2.09. The van der Waals surface area contributed by atoms with Gasteiger partial charge in [0.25, 0.3) is 0 Å². The van der Waals surface area contributed by atoms with Crippen LogP contribution in [0.4, 0.5) is 8.78 Å². The Morgan fingerprint density at radius 1 is 0.974 bits per heavy atom. The summed E-state index contributed by atoms with van der Waals surface area (Å²) in [5.41, 5.74) is 1.72. The second-order valence-corrected chi connectivity index (χ2v) is 12.2. The largest absolute Gasteiger partial charge is 0.392 e. The molecular formula is C28H26Cl2F2N2O3S. The SMILES string of the molecule is CC(C)c1cn(-c2ccc(-c3cc(F)c(CO)c(S(C)(=O)=O)c3)cc2F)c(C(C)c2c(Cl)cccc2Cl)n1. The second-order valence-electron chi connectivity index (χ2n) is 9.44. The van der Waals surface area contributed by atoms with Crippen molar-refractivity contribution in [3.63, 3.8) is 0 Å². The molecule has 0 spiro atoms. The molecule has 3 aromatic carbocycles. The van der Waals surface area contributed by atoms with Gasteiger partial charge in [-0.05, 0) is 59.0 Å². The third-order valence-electron chi connectivity index (χ3n) is 6.42. The first-order valence-electron chi connectivity index (χ1n) is 11.8. The van der Waals surface area contributed by atoms with Crippen LogP contribution in [0.25, 0.3) is 16.8 Å². The van der Waals surface area contributed by atoms with Crippen LogP contribution in [0.2, 0.25) is 10.0 Å². The number of aliphatic hydroxyl groups excluding tert-OH is 1. The standard InChI is InChI=1S/C28H26Cl2F2N2O3S/c1-15(2)24-13-34(28(33-24)16(3)27-20(29)6-5-7-21(27)30)25-9-8-17(10-23(25)32)18-11-22(31)19(14-35)26(12-18)38(4,36)37/h5-13,15-16,35H,14H2,1-4H3. The summed E-state index contributed by atoms with van der Waals surface area (Å²) in [4.78, 5) is 4.43. The van der Waals surface area contributed by atoms with Crippen LogP contribution in [0.3, 0.4) is 0 Å². The molecule has 0 fully saturated rings. The van der Waals surface area contributed by atoms with E-state index in [-0.39, 0.29) is 39.1 Å². The van der Waals surface area contributed by atoms with Gasteiger partial charge < -0.3 is 5.11 Å². The molecule has 0 radical (unpaired) electrons. The summed E-state index contributed by atoms with van der Waals surface area (Å²) < 4.78 is 56.4. The van der Waals surface area contributed by atoms with Crippen LogP contribution in [0, 0.1) is 11.6 Å². The third-order valence-corrected chi connectivity index (χ3v) is 8.24. The topological polar surface area (TPSA) is 72.2 Å². The summed E-state index contributed by atoms with van der Waals surface area (Å²) in [6, 6.07) is 11.8. The average molecular weight is 579 g/mol. The Bertz CT molecular complexity index is 1620. The molecule has 5 nitrogen and oxygen atoms in total. The summed E-state index contributed by atoms with van der Waals surface area (Å²) in [6.07, 6.45) is 2.69. The molecule has 0 amide bonds. The number of sulfone groups is 1. The molecular weight excluding hydrogens is 553 g/mol. The number of hydrogen-bond acceptors (Lipinski definition) is 4. The van der Waals surface area contributed by atoms with Crippen LogP contribution in [0.15, 0.2) is 59.6 Å². The predicted molar refractivity (Wildman–Crippen MR) is 146 cm³/mol. The van der Waals surface area contributed by atoms with Gasteiger partial charge in [-0.3, -0.25) is 4.57 Å². The number of aromatic nitrogens is 2. The summed E-state index contributed by atoms with van der Waals surface area (Å²) in [5.74, 6) is -1.29. The molecule has 0 saturated carbocycles. The highest BCUT2D eigenvalue weighted by Gasteiger charge is 2.25. The smallest absolute Gasteiger partial charge is 0.176 e. The first kappa shape index (κ1) is 28.2. The highest BCUT2D eigenvalue weighted by Crippen LogP contribution is 2.37. The first-order chi connectivity index (χ1) is 17.8. The highest BCUT2D eigenvalue weighted by atomic mass is 35.5. The molecule has 1 heterocycles. The molecule has 1 N–H and O–H groups in total. The molecule has 1 atom stereocenters. The molecule has 1 aromatic heterocycles. The second kappa shape index (κ2) is 10.8. The van der Waals surface area contributed by atoms with Crippen molar-refractivity contribution in [2.24, 2.45) is 0 Å². The molecule has 0 aliphatic heterocycles. The summed E-state index contributed by atoms with van der Waals surface area (Å²) in [7, 11) is -3.84.